The summed E-state index contributed by atoms with van der Waals surface area (Å²) >= 11 is 3.75. The van der Waals surface area contributed by atoms with Crippen LogP contribution in [0.25, 0.3) is 84.1 Å². The monoisotopic (exact) mass is 709 g/mol. The molecule has 11 aromatic rings. The molecule has 2 aromatic heterocycles. The standard InChI is InChI=1S/C50H31NS2/c1-2-10-33(11-3-1)41-27-28-45(49-43-15-7-9-17-47(43)53-50(41)49)51(38-25-29-48-44(31-38)42-14-6-8-16-46(42)52-48)37-23-20-32(21-24-37)35-22-26-40-36(30-35)19-18-34-12-4-5-13-39(34)40/h1-31H. The molecule has 9 aromatic carbocycles. The van der Waals surface area contributed by atoms with Gasteiger partial charge in [0, 0.05) is 51.7 Å². The van der Waals surface area contributed by atoms with Gasteiger partial charge < -0.3 is 4.90 Å². The molecule has 0 saturated carbocycles. The Bertz CT molecular complexity index is 3170. The predicted molar refractivity (Wildman–Crippen MR) is 233 cm³/mol. The molecule has 0 unspecified atom stereocenters. The van der Waals surface area contributed by atoms with Gasteiger partial charge in [-0.1, -0.05) is 133 Å². The molecule has 0 aliphatic rings. The third kappa shape index (κ3) is 4.97. The van der Waals surface area contributed by atoms with Gasteiger partial charge in [-0.3, -0.25) is 0 Å². The summed E-state index contributed by atoms with van der Waals surface area (Å²) in [4.78, 5) is 2.47. The lowest BCUT2D eigenvalue weighted by Gasteiger charge is -2.27. The van der Waals surface area contributed by atoms with Crippen molar-refractivity contribution < 1.29 is 0 Å². The minimum atomic E-state index is 1.13. The third-order valence-electron chi connectivity index (χ3n) is 10.7. The van der Waals surface area contributed by atoms with E-state index in [0.29, 0.717) is 0 Å². The van der Waals surface area contributed by atoms with Crippen LogP contribution in [-0.2, 0) is 0 Å². The van der Waals surface area contributed by atoms with Gasteiger partial charge in [0.2, 0.25) is 0 Å². The van der Waals surface area contributed by atoms with Crippen LogP contribution >= 0.6 is 22.7 Å². The van der Waals surface area contributed by atoms with Crippen LogP contribution in [0.4, 0.5) is 17.1 Å². The Hall–Kier alpha value is -6.26. The molecule has 0 amide bonds. The van der Waals surface area contributed by atoms with Crippen LogP contribution in [0.1, 0.15) is 0 Å². The highest BCUT2D eigenvalue weighted by molar-refractivity contribution is 7.26. The van der Waals surface area contributed by atoms with Crippen LogP contribution in [0.3, 0.4) is 0 Å². The third-order valence-corrected chi connectivity index (χ3v) is 13.0. The second-order valence-corrected chi connectivity index (χ2v) is 15.8. The first-order chi connectivity index (χ1) is 26.3. The van der Waals surface area contributed by atoms with Crippen LogP contribution < -0.4 is 4.90 Å². The highest BCUT2D eigenvalue weighted by atomic mass is 32.1. The maximum absolute atomic E-state index is 2.47. The lowest BCUT2D eigenvalue weighted by atomic mass is 9.97. The molecule has 53 heavy (non-hydrogen) atoms. The molecule has 0 N–H and O–H groups in total. The van der Waals surface area contributed by atoms with Gasteiger partial charge in [0.25, 0.3) is 0 Å². The van der Waals surface area contributed by atoms with E-state index in [0.717, 1.165) is 11.4 Å². The normalized spacial score (nSPS) is 11.8. The van der Waals surface area contributed by atoms with Crippen molar-refractivity contribution in [1.82, 2.24) is 0 Å². The fraction of sp³-hybridized carbons (Fsp3) is 0. The van der Waals surface area contributed by atoms with E-state index in [4.69, 9.17) is 0 Å². The van der Waals surface area contributed by atoms with E-state index in [1.807, 2.05) is 22.7 Å². The van der Waals surface area contributed by atoms with E-state index in [9.17, 15) is 0 Å². The minimum absolute atomic E-state index is 1.13. The van der Waals surface area contributed by atoms with Crippen molar-refractivity contribution in [3.8, 4) is 22.3 Å². The maximum atomic E-state index is 2.47. The zero-order valence-corrected chi connectivity index (χ0v) is 30.3. The van der Waals surface area contributed by atoms with E-state index in [2.05, 4.69) is 193 Å². The Morgan fingerprint density at radius 2 is 0.981 bits per heavy atom. The first kappa shape index (κ1) is 30.4. The summed E-state index contributed by atoms with van der Waals surface area (Å²) in [5.41, 5.74) is 8.38. The van der Waals surface area contributed by atoms with Gasteiger partial charge in [-0.05, 0) is 98.4 Å². The zero-order valence-electron chi connectivity index (χ0n) is 28.7. The first-order valence-electron chi connectivity index (χ1n) is 18.0. The van der Waals surface area contributed by atoms with Crippen molar-refractivity contribution in [2.75, 3.05) is 4.90 Å². The molecule has 1 nitrogen and oxygen atoms in total. The zero-order chi connectivity index (χ0) is 34.9. The Morgan fingerprint density at radius 3 is 1.83 bits per heavy atom. The van der Waals surface area contributed by atoms with Crippen LogP contribution in [0.2, 0.25) is 0 Å². The van der Waals surface area contributed by atoms with Crippen LogP contribution in [0.15, 0.2) is 188 Å². The lowest BCUT2D eigenvalue weighted by Crippen LogP contribution is -2.10. The van der Waals surface area contributed by atoms with Gasteiger partial charge in [-0.2, -0.15) is 0 Å². The van der Waals surface area contributed by atoms with Gasteiger partial charge in [-0.25, -0.2) is 0 Å². The molecule has 0 saturated heterocycles. The molecule has 248 valence electrons. The molecule has 0 fully saturated rings. The summed E-state index contributed by atoms with van der Waals surface area (Å²) < 4.78 is 5.23. The van der Waals surface area contributed by atoms with Crippen LogP contribution in [0.5, 0.6) is 0 Å². The van der Waals surface area contributed by atoms with Crippen molar-refractivity contribution in [2.24, 2.45) is 0 Å². The molecule has 0 aliphatic carbocycles. The summed E-state index contributed by atoms with van der Waals surface area (Å²) in [7, 11) is 0. The molecule has 0 radical (unpaired) electrons. The number of thiophene rings is 2. The number of rotatable bonds is 5. The predicted octanol–water partition coefficient (Wildman–Crippen LogP) is 15.5. The van der Waals surface area contributed by atoms with E-state index in [1.54, 1.807) is 0 Å². The summed E-state index contributed by atoms with van der Waals surface area (Å²) in [6, 6.07) is 69.2. The van der Waals surface area contributed by atoms with Crippen molar-refractivity contribution in [2.45, 2.75) is 0 Å². The highest BCUT2D eigenvalue weighted by Crippen LogP contribution is 2.49. The van der Waals surface area contributed by atoms with E-state index in [-0.39, 0.29) is 0 Å². The highest BCUT2D eigenvalue weighted by Gasteiger charge is 2.22. The average Bonchev–Trinajstić information content (AvgIpc) is 3.80. The molecule has 11 rings (SSSR count). The molecule has 0 bridgehead atoms. The second-order valence-electron chi connectivity index (χ2n) is 13.7. The molecule has 2 heterocycles. The first-order valence-corrected chi connectivity index (χ1v) is 19.6. The lowest BCUT2D eigenvalue weighted by molar-refractivity contribution is 1.31. The van der Waals surface area contributed by atoms with Crippen LogP contribution in [0, 0.1) is 0 Å². The van der Waals surface area contributed by atoms with Crippen molar-refractivity contribution >= 4 is 102 Å². The number of benzene rings is 9. The molecule has 0 spiro atoms. The number of nitrogens with zero attached hydrogens (tertiary/aromatic N) is 1. The van der Waals surface area contributed by atoms with Gasteiger partial charge >= 0.3 is 0 Å². The molecular weight excluding hydrogens is 679 g/mol. The molecule has 0 atom stereocenters. The van der Waals surface area contributed by atoms with Gasteiger partial charge in [0.05, 0.1) is 5.69 Å². The van der Waals surface area contributed by atoms with E-state index < -0.39 is 0 Å². The molecular formula is C50H31NS2. The van der Waals surface area contributed by atoms with Crippen molar-refractivity contribution in [3.05, 3.63) is 188 Å². The topological polar surface area (TPSA) is 3.24 Å². The number of anilines is 3. The van der Waals surface area contributed by atoms with E-state index in [1.165, 1.54) is 89.8 Å². The van der Waals surface area contributed by atoms with Crippen molar-refractivity contribution in [3.63, 3.8) is 0 Å². The summed E-state index contributed by atoms with van der Waals surface area (Å²) in [5.74, 6) is 0. The quantitative estimate of drug-likeness (QED) is 0.161. The number of hydrogen-bond acceptors (Lipinski definition) is 3. The van der Waals surface area contributed by atoms with Gasteiger partial charge in [0.1, 0.15) is 0 Å². The Morgan fingerprint density at radius 1 is 0.340 bits per heavy atom. The SMILES string of the molecule is c1ccc(-c2ccc(N(c3ccc(-c4ccc5c(ccc6ccccc65)c4)cc3)c3ccc4sc5ccccc5c4c3)c3c2sc2ccccc23)cc1. The van der Waals surface area contributed by atoms with Gasteiger partial charge in [-0.15, -0.1) is 22.7 Å². The Labute approximate surface area is 315 Å². The average molecular weight is 710 g/mol. The summed E-state index contributed by atoms with van der Waals surface area (Å²) in [6.45, 7) is 0. The molecule has 3 heteroatoms. The van der Waals surface area contributed by atoms with Crippen LogP contribution in [-0.4, -0.2) is 0 Å². The Kier molecular flexibility index (Phi) is 6.97. The fourth-order valence-electron chi connectivity index (χ4n) is 8.12. The minimum Gasteiger partial charge on any atom is -0.310 e. The number of hydrogen-bond donors (Lipinski definition) is 0. The number of fused-ring (bicyclic) bond motifs is 9. The van der Waals surface area contributed by atoms with E-state index >= 15 is 0 Å². The smallest absolute Gasteiger partial charge is 0.0555 e. The summed E-state index contributed by atoms with van der Waals surface area (Å²) in [6.07, 6.45) is 0. The fourth-order valence-corrected chi connectivity index (χ4v) is 10.5. The maximum Gasteiger partial charge on any atom is 0.0555 e. The Balaban J connectivity index is 1.12. The summed E-state index contributed by atoms with van der Waals surface area (Å²) in [5, 5.41) is 10.3. The second kappa shape index (κ2) is 12.2. The van der Waals surface area contributed by atoms with Crippen molar-refractivity contribution in [1.29, 1.82) is 0 Å². The van der Waals surface area contributed by atoms with Gasteiger partial charge in [0.15, 0.2) is 0 Å². The molecule has 0 aliphatic heterocycles. The largest absolute Gasteiger partial charge is 0.310 e.